The lowest BCUT2D eigenvalue weighted by Crippen LogP contribution is -2.60. The standard InChI is InChI=1S/C11H22N2O3/c1-2-11(7-14,8-15)13-9(16)10(6-12)4-3-5-10/h14-15H,2-8,12H2,1H3,(H,13,16). The average molecular weight is 230 g/mol. The third kappa shape index (κ3) is 2.21. The Kier molecular flexibility index (Phi) is 4.29. The molecule has 0 aliphatic heterocycles. The first kappa shape index (κ1) is 13.4. The molecule has 5 nitrogen and oxygen atoms in total. The van der Waals surface area contributed by atoms with Gasteiger partial charge in [-0.2, -0.15) is 0 Å². The van der Waals surface area contributed by atoms with Crippen molar-refractivity contribution in [3.63, 3.8) is 0 Å². The smallest absolute Gasteiger partial charge is 0.228 e. The van der Waals surface area contributed by atoms with Crippen LogP contribution in [0.2, 0.25) is 0 Å². The second-order valence-electron chi connectivity index (χ2n) is 4.74. The molecule has 1 amide bonds. The van der Waals surface area contributed by atoms with Crippen molar-refractivity contribution in [3.8, 4) is 0 Å². The molecule has 16 heavy (non-hydrogen) atoms. The van der Waals surface area contributed by atoms with Crippen molar-refractivity contribution < 1.29 is 15.0 Å². The van der Waals surface area contributed by atoms with Gasteiger partial charge in [-0.15, -0.1) is 0 Å². The van der Waals surface area contributed by atoms with Gasteiger partial charge in [-0.05, 0) is 19.3 Å². The van der Waals surface area contributed by atoms with Crippen molar-refractivity contribution in [1.29, 1.82) is 0 Å². The highest BCUT2D eigenvalue weighted by Crippen LogP contribution is 2.40. The predicted octanol–water partition coefficient (Wildman–Crippen LogP) is -0.635. The van der Waals surface area contributed by atoms with Gasteiger partial charge in [0.25, 0.3) is 0 Å². The highest BCUT2D eigenvalue weighted by molar-refractivity contribution is 5.84. The number of amides is 1. The summed E-state index contributed by atoms with van der Waals surface area (Å²) in [6.07, 6.45) is 3.10. The number of hydrogen-bond acceptors (Lipinski definition) is 4. The van der Waals surface area contributed by atoms with E-state index in [9.17, 15) is 15.0 Å². The molecule has 1 aliphatic rings. The Morgan fingerprint density at radius 3 is 2.25 bits per heavy atom. The summed E-state index contributed by atoms with van der Waals surface area (Å²) < 4.78 is 0. The van der Waals surface area contributed by atoms with Crippen LogP contribution in [0.5, 0.6) is 0 Å². The minimum atomic E-state index is -0.908. The Morgan fingerprint density at radius 2 is 2.00 bits per heavy atom. The van der Waals surface area contributed by atoms with Crippen molar-refractivity contribution in [2.24, 2.45) is 11.1 Å². The van der Waals surface area contributed by atoms with Crippen LogP contribution in [0.1, 0.15) is 32.6 Å². The van der Waals surface area contributed by atoms with Crippen molar-refractivity contribution in [3.05, 3.63) is 0 Å². The summed E-state index contributed by atoms with van der Waals surface area (Å²) in [6.45, 7) is 1.64. The lowest BCUT2D eigenvalue weighted by Gasteiger charge is -2.42. The lowest BCUT2D eigenvalue weighted by molar-refractivity contribution is -0.138. The number of carbonyl (C=O) groups excluding carboxylic acids is 1. The summed E-state index contributed by atoms with van der Waals surface area (Å²) in [5, 5.41) is 21.3. The molecule has 1 saturated carbocycles. The first-order valence-corrected chi connectivity index (χ1v) is 5.82. The van der Waals surface area contributed by atoms with Gasteiger partial charge >= 0.3 is 0 Å². The summed E-state index contributed by atoms with van der Waals surface area (Å²) in [7, 11) is 0. The lowest BCUT2D eigenvalue weighted by atomic mass is 9.67. The van der Waals surface area contributed by atoms with Gasteiger partial charge in [-0.1, -0.05) is 13.3 Å². The number of aliphatic hydroxyl groups is 2. The number of carbonyl (C=O) groups is 1. The van der Waals surface area contributed by atoms with E-state index in [0.29, 0.717) is 13.0 Å². The van der Waals surface area contributed by atoms with E-state index in [1.165, 1.54) is 0 Å². The Hall–Kier alpha value is -0.650. The SMILES string of the molecule is CCC(CO)(CO)NC(=O)C1(CN)CCC1. The van der Waals surface area contributed by atoms with E-state index >= 15 is 0 Å². The summed E-state index contributed by atoms with van der Waals surface area (Å²) in [5.41, 5.74) is 4.25. The molecule has 1 aliphatic carbocycles. The molecule has 0 bridgehead atoms. The molecule has 0 radical (unpaired) electrons. The van der Waals surface area contributed by atoms with Crippen LogP contribution in [-0.4, -0.2) is 41.4 Å². The first-order valence-electron chi connectivity index (χ1n) is 5.82. The Bertz CT molecular complexity index is 234. The van der Waals surface area contributed by atoms with Gasteiger partial charge in [0, 0.05) is 6.54 Å². The van der Waals surface area contributed by atoms with E-state index in [1.54, 1.807) is 0 Å². The maximum absolute atomic E-state index is 12.1. The molecule has 0 aromatic heterocycles. The van der Waals surface area contributed by atoms with Crippen LogP contribution in [0.3, 0.4) is 0 Å². The molecule has 0 heterocycles. The van der Waals surface area contributed by atoms with Gasteiger partial charge in [-0.25, -0.2) is 0 Å². The average Bonchev–Trinajstić information content (AvgIpc) is 2.25. The van der Waals surface area contributed by atoms with E-state index in [2.05, 4.69) is 5.32 Å². The highest BCUT2D eigenvalue weighted by atomic mass is 16.3. The summed E-state index contributed by atoms with van der Waals surface area (Å²) in [6, 6.07) is 0. The molecule has 0 aromatic rings. The van der Waals surface area contributed by atoms with Crippen LogP contribution >= 0.6 is 0 Å². The number of nitrogens with two attached hydrogens (primary N) is 1. The highest BCUT2D eigenvalue weighted by Gasteiger charge is 2.45. The Labute approximate surface area is 96.0 Å². The molecule has 5 heteroatoms. The van der Waals surface area contributed by atoms with Gasteiger partial charge in [0.1, 0.15) is 0 Å². The summed E-state index contributed by atoms with van der Waals surface area (Å²) in [5.74, 6) is -0.133. The third-order valence-electron chi connectivity index (χ3n) is 3.84. The van der Waals surface area contributed by atoms with Crippen LogP contribution in [0.15, 0.2) is 0 Å². The molecule has 0 saturated heterocycles. The second kappa shape index (κ2) is 5.12. The Balaban J connectivity index is 2.68. The van der Waals surface area contributed by atoms with Gasteiger partial charge in [0.05, 0.1) is 24.2 Å². The molecule has 0 aromatic carbocycles. The van der Waals surface area contributed by atoms with E-state index in [-0.39, 0.29) is 19.1 Å². The van der Waals surface area contributed by atoms with Crippen LogP contribution in [0.4, 0.5) is 0 Å². The van der Waals surface area contributed by atoms with Crippen LogP contribution in [-0.2, 0) is 4.79 Å². The number of aliphatic hydroxyl groups excluding tert-OH is 2. The molecule has 0 spiro atoms. The van der Waals surface area contributed by atoms with Gasteiger partial charge in [-0.3, -0.25) is 4.79 Å². The monoisotopic (exact) mass is 230 g/mol. The minimum Gasteiger partial charge on any atom is -0.394 e. The molecule has 1 fully saturated rings. The van der Waals surface area contributed by atoms with E-state index in [4.69, 9.17) is 5.73 Å². The molecular formula is C11H22N2O3. The van der Waals surface area contributed by atoms with Crippen molar-refractivity contribution >= 4 is 5.91 Å². The maximum Gasteiger partial charge on any atom is 0.228 e. The molecule has 0 atom stereocenters. The van der Waals surface area contributed by atoms with E-state index < -0.39 is 11.0 Å². The van der Waals surface area contributed by atoms with Crippen LogP contribution in [0.25, 0.3) is 0 Å². The zero-order valence-corrected chi connectivity index (χ0v) is 9.83. The molecule has 1 rings (SSSR count). The molecule has 94 valence electrons. The van der Waals surface area contributed by atoms with Crippen molar-refractivity contribution in [2.45, 2.75) is 38.1 Å². The zero-order chi connectivity index (χ0) is 12.2. The number of hydrogen-bond donors (Lipinski definition) is 4. The van der Waals surface area contributed by atoms with Gasteiger partial charge < -0.3 is 21.3 Å². The quantitative estimate of drug-likeness (QED) is 0.488. The number of nitrogens with one attached hydrogen (secondary N) is 1. The predicted molar refractivity (Wildman–Crippen MR) is 60.7 cm³/mol. The number of rotatable bonds is 6. The molecule has 5 N–H and O–H groups in total. The van der Waals surface area contributed by atoms with E-state index in [1.807, 2.05) is 6.92 Å². The molecule has 0 unspecified atom stereocenters. The summed E-state index contributed by atoms with van der Waals surface area (Å²) >= 11 is 0. The fourth-order valence-electron chi connectivity index (χ4n) is 1.94. The fourth-order valence-corrected chi connectivity index (χ4v) is 1.94. The zero-order valence-electron chi connectivity index (χ0n) is 9.83. The third-order valence-corrected chi connectivity index (χ3v) is 3.84. The van der Waals surface area contributed by atoms with Crippen molar-refractivity contribution in [1.82, 2.24) is 5.32 Å². The largest absolute Gasteiger partial charge is 0.394 e. The van der Waals surface area contributed by atoms with E-state index in [0.717, 1.165) is 19.3 Å². The van der Waals surface area contributed by atoms with Crippen LogP contribution in [0, 0.1) is 5.41 Å². The fraction of sp³-hybridized carbons (Fsp3) is 0.909. The Morgan fingerprint density at radius 1 is 1.44 bits per heavy atom. The van der Waals surface area contributed by atoms with Gasteiger partial charge in [0.15, 0.2) is 0 Å². The van der Waals surface area contributed by atoms with Gasteiger partial charge in [0.2, 0.25) is 5.91 Å². The summed E-state index contributed by atoms with van der Waals surface area (Å²) in [4.78, 5) is 12.1. The molecular weight excluding hydrogens is 208 g/mol. The first-order chi connectivity index (χ1) is 7.58. The topological polar surface area (TPSA) is 95.6 Å². The normalized spacial score (nSPS) is 19.0. The van der Waals surface area contributed by atoms with Crippen molar-refractivity contribution in [2.75, 3.05) is 19.8 Å². The second-order valence-corrected chi connectivity index (χ2v) is 4.74. The minimum absolute atomic E-state index is 0.133. The van der Waals surface area contributed by atoms with Crippen LogP contribution < -0.4 is 11.1 Å². The maximum atomic E-state index is 12.1.